The van der Waals surface area contributed by atoms with Crippen LogP contribution in [0.15, 0.2) is 53.5 Å². The van der Waals surface area contributed by atoms with Crippen LogP contribution in [0.5, 0.6) is 0 Å². The summed E-state index contributed by atoms with van der Waals surface area (Å²) < 4.78 is 0.964. The Balaban J connectivity index is 1.80. The number of carboxylic acids is 1. The summed E-state index contributed by atoms with van der Waals surface area (Å²) in [4.78, 5) is 47.7. The molecular weight excluding hydrogens is 354 g/mol. The number of hydrogen-bond donors (Lipinski definition) is 1. The largest absolute Gasteiger partial charge is 0.481 e. The first-order valence-electron chi connectivity index (χ1n) is 8.27. The van der Waals surface area contributed by atoms with Gasteiger partial charge in [0, 0.05) is 31.1 Å². The van der Waals surface area contributed by atoms with Crippen LogP contribution < -0.4 is 5.56 Å². The van der Waals surface area contributed by atoms with Crippen molar-refractivity contribution in [2.45, 2.75) is 12.5 Å². The third-order valence-electron chi connectivity index (χ3n) is 4.70. The molecule has 9 heteroatoms. The van der Waals surface area contributed by atoms with Crippen LogP contribution in [-0.4, -0.2) is 44.5 Å². The molecule has 1 aromatic heterocycles. The summed E-state index contributed by atoms with van der Waals surface area (Å²) in [7, 11) is 0. The number of pyridine rings is 1. The molecule has 2 heterocycles. The molecule has 3 rings (SSSR count). The van der Waals surface area contributed by atoms with E-state index in [-0.39, 0.29) is 31.2 Å². The number of carboxylic acid groups (broad SMARTS) is 1. The van der Waals surface area contributed by atoms with Gasteiger partial charge in [-0.2, -0.15) is 0 Å². The molecule has 1 aliphatic rings. The maximum Gasteiger partial charge on any atom is 0.308 e. The number of hydrogen-bond acceptors (Lipinski definition) is 5. The number of benzene rings is 1. The van der Waals surface area contributed by atoms with Gasteiger partial charge >= 0.3 is 5.97 Å². The maximum absolute atomic E-state index is 12.6. The number of likely N-dealkylation sites (tertiary alicyclic amines) is 1. The van der Waals surface area contributed by atoms with E-state index in [0.717, 1.165) is 28.5 Å². The molecule has 2 unspecified atom stereocenters. The molecule has 0 aliphatic carbocycles. The summed E-state index contributed by atoms with van der Waals surface area (Å²) in [5.41, 5.74) is -0.00958. The van der Waals surface area contributed by atoms with Gasteiger partial charge in [0.25, 0.3) is 11.2 Å². The second kappa shape index (κ2) is 7.40. The molecule has 9 nitrogen and oxygen atoms in total. The van der Waals surface area contributed by atoms with Gasteiger partial charge in [0.2, 0.25) is 5.91 Å². The van der Waals surface area contributed by atoms with E-state index in [2.05, 4.69) is 0 Å². The SMILES string of the molecule is O=C(O)C1CN(C(=O)Cn2cc([N+](=O)[O-])ccc2=O)CC1c1ccccc1. The number of aliphatic carboxylic acids is 1. The van der Waals surface area contributed by atoms with Crippen molar-refractivity contribution in [3.8, 4) is 0 Å². The van der Waals surface area contributed by atoms with E-state index in [1.54, 1.807) is 12.1 Å². The highest BCUT2D eigenvalue weighted by molar-refractivity contribution is 5.79. The molecule has 27 heavy (non-hydrogen) atoms. The fourth-order valence-corrected chi connectivity index (χ4v) is 3.29. The first-order valence-corrected chi connectivity index (χ1v) is 8.27. The Bertz CT molecular complexity index is 940. The van der Waals surface area contributed by atoms with Crippen LogP contribution in [0, 0.1) is 16.0 Å². The van der Waals surface area contributed by atoms with E-state index < -0.39 is 28.3 Å². The monoisotopic (exact) mass is 371 g/mol. The van der Waals surface area contributed by atoms with Crippen molar-refractivity contribution in [1.82, 2.24) is 9.47 Å². The summed E-state index contributed by atoms with van der Waals surface area (Å²) in [6, 6.07) is 11.2. The first kappa shape index (κ1) is 18.3. The van der Waals surface area contributed by atoms with E-state index in [4.69, 9.17) is 0 Å². The highest BCUT2D eigenvalue weighted by Crippen LogP contribution is 2.33. The fraction of sp³-hybridized carbons (Fsp3) is 0.278. The maximum atomic E-state index is 12.6. The third kappa shape index (κ3) is 3.86. The molecule has 0 spiro atoms. The highest BCUT2D eigenvalue weighted by atomic mass is 16.6. The molecule has 1 aromatic carbocycles. The Kier molecular flexibility index (Phi) is 5.02. The molecule has 1 saturated heterocycles. The van der Waals surface area contributed by atoms with Gasteiger partial charge in [0.1, 0.15) is 6.54 Å². The van der Waals surface area contributed by atoms with Gasteiger partial charge in [-0.25, -0.2) is 0 Å². The topological polar surface area (TPSA) is 123 Å². The van der Waals surface area contributed by atoms with Gasteiger partial charge in [-0.15, -0.1) is 0 Å². The second-order valence-corrected chi connectivity index (χ2v) is 6.37. The fourth-order valence-electron chi connectivity index (χ4n) is 3.29. The summed E-state index contributed by atoms with van der Waals surface area (Å²) in [6.07, 6.45) is 1.01. The molecule has 1 N–H and O–H groups in total. The summed E-state index contributed by atoms with van der Waals surface area (Å²) >= 11 is 0. The Labute approximate surface area is 153 Å². The molecular formula is C18H17N3O6. The van der Waals surface area contributed by atoms with Crippen LogP contribution >= 0.6 is 0 Å². The van der Waals surface area contributed by atoms with Crippen molar-refractivity contribution in [2.24, 2.45) is 5.92 Å². The lowest BCUT2D eigenvalue weighted by molar-refractivity contribution is -0.385. The molecule has 1 amide bonds. The lowest BCUT2D eigenvalue weighted by Crippen LogP contribution is -2.35. The van der Waals surface area contributed by atoms with Gasteiger partial charge in [-0.05, 0) is 5.56 Å². The lowest BCUT2D eigenvalue weighted by atomic mass is 9.89. The number of nitrogens with zero attached hydrogens (tertiary/aromatic N) is 3. The van der Waals surface area contributed by atoms with Crippen LogP contribution in [-0.2, 0) is 16.1 Å². The van der Waals surface area contributed by atoms with Crippen LogP contribution in [0.4, 0.5) is 5.69 Å². The molecule has 1 aliphatic heterocycles. The van der Waals surface area contributed by atoms with E-state index in [9.17, 15) is 29.6 Å². The van der Waals surface area contributed by atoms with Crippen molar-refractivity contribution in [1.29, 1.82) is 0 Å². The van der Waals surface area contributed by atoms with Gasteiger partial charge in [-0.1, -0.05) is 30.3 Å². The quantitative estimate of drug-likeness (QED) is 0.620. The van der Waals surface area contributed by atoms with Gasteiger partial charge in [0.05, 0.1) is 17.0 Å². The molecule has 0 saturated carbocycles. The van der Waals surface area contributed by atoms with Crippen LogP contribution in [0.2, 0.25) is 0 Å². The first-order chi connectivity index (χ1) is 12.9. The van der Waals surface area contributed by atoms with Gasteiger partial charge in [0.15, 0.2) is 0 Å². The molecule has 0 bridgehead atoms. The minimum atomic E-state index is -0.994. The Morgan fingerprint density at radius 3 is 2.48 bits per heavy atom. The number of aromatic nitrogens is 1. The molecule has 140 valence electrons. The summed E-state index contributed by atoms with van der Waals surface area (Å²) in [5.74, 6) is -2.55. The lowest BCUT2D eigenvalue weighted by Gasteiger charge is -2.17. The summed E-state index contributed by atoms with van der Waals surface area (Å²) in [6.45, 7) is -0.144. The van der Waals surface area contributed by atoms with Gasteiger partial charge < -0.3 is 10.0 Å². The predicted molar refractivity (Wildman–Crippen MR) is 94.2 cm³/mol. The Hall–Kier alpha value is -3.49. The average molecular weight is 371 g/mol. The zero-order valence-corrected chi connectivity index (χ0v) is 14.2. The summed E-state index contributed by atoms with van der Waals surface area (Å²) in [5, 5.41) is 20.4. The molecule has 2 aromatic rings. The number of carbonyl (C=O) groups is 2. The number of carbonyl (C=O) groups excluding carboxylic acids is 1. The second-order valence-electron chi connectivity index (χ2n) is 6.37. The Morgan fingerprint density at radius 2 is 1.85 bits per heavy atom. The van der Waals surface area contributed by atoms with Crippen LogP contribution in [0.25, 0.3) is 0 Å². The van der Waals surface area contributed by atoms with E-state index >= 15 is 0 Å². The van der Waals surface area contributed by atoms with Crippen molar-refractivity contribution in [2.75, 3.05) is 13.1 Å². The average Bonchev–Trinajstić information content (AvgIpc) is 3.10. The minimum absolute atomic E-state index is 0.0252. The molecule has 0 radical (unpaired) electrons. The Morgan fingerprint density at radius 1 is 1.15 bits per heavy atom. The van der Waals surface area contributed by atoms with Crippen LogP contribution in [0.3, 0.4) is 0 Å². The molecule has 2 atom stereocenters. The van der Waals surface area contributed by atoms with Crippen molar-refractivity contribution in [3.05, 3.63) is 74.7 Å². The van der Waals surface area contributed by atoms with E-state index in [1.807, 2.05) is 18.2 Å². The minimum Gasteiger partial charge on any atom is -0.481 e. The molecule has 1 fully saturated rings. The zero-order valence-electron chi connectivity index (χ0n) is 14.2. The normalized spacial score (nSPS) is 19.0. The van der Waals surface area contributed by atoms with Crippen LogP contribution in [0.1, 0.15) is 11.5 Å². The van der Waals surface area contributed by atoms with E-state index in [1.165, 1.54) is 4.90 Å². The van der Waals surface area contributed by atoms with Crippen molar-refractivity contribution >= 4 is 17.6 Å². The number of rotatable bonds is 5. The van der Waals surface area contributed by atoms with Crippen molar-refractivity contribution in [3.63, 3.8) is 0 Å². The standard InChI is InChI=1S/C18H17N3O6/c22-16-7-6-13(21(26)27)8-19(16)11-17(23)20-9-14(15(10-20)18(24)25)12-4-2-1-3-5-12/h1-8,14-15H,9-11H2,(H,24,25). The highest BCUT2D eigenvalue weighted by Gasteiger charge is 2.40. The zero-order chi connectivity index (χ0) is 19.6. The smallest absolute Gasteiger partial charge is 0.308 e. The van der Waals surface area contributed by atoms with Gasteiger partial charge in [-0.3, -0.25) is 29.1 Å². The predicted octanol–water partition coefficient (Wildman–Crippen LogP) is 1.08. The van der Waals surface area contributed by atoms with Crippen molar-refractivity contribution < 1.29 is 19.6 Å². The number of nitro groups is 1. The number of amides is 1. The van der Waals surface area contributed by atoms with E-state index in [0.29, 0.717) is 0 Å². The third-order valence-corrected chi connectivity index (χ3v) is 4.70.